The number of allylic oxidation sites excluding steroid dienone is 2. The number of nitrogens with one attached hydrogen (secondary N) is 1. The average Bonchev–Trinajstić information content (AvgIpc) is 2.88. The van der Waals surface area contributed by atoms with Gasteiger partial charge in [0.2, 0.25) is 0 Å². The Hall–Kier alpha value is -4.27. The van der Waals surface area contributed by atoms with E-state index in [1.165, 1.54) is 14.2 Å². The van der Waals surface area contributed by atoms with Gasteiger partial charge in [-0.25, -0.2) is 14.4 Å². The first kappa shape index (κ1) is 27.3. The summed E-state index contributed by atoms with van der Waals surface area (Å²) < 4.78 is 27.0. The Kier molecular flexibility index (Phi) is 8.95. The molecule has 2 aromatic rings. The molecule has 1 aliphatic rings. The second-order valence-electron chi connectivity index (χ2n) is 8.08. The Morgan fingerprint density at radius 3 is 1.86 bits per heavy atom. The van der Waals surface area contributed by atoms with Gasteiger partial charge >= 0.3 is 17.9 Å². The molecule has 0 saturated carbocycles. The molecule has 0 atom stereocenters. The van der Waals surface area contributed by atoms with Gasteiger partial charge in [-0.15, -0.1) is 0 Å². The number of benzene rings is 2. The maximum Gasteiger partial charge on any atom is 0.347 e. The standard InChI is InChI=1S/C28H31NO8/c1-7-35-27(31)23-16(3)29-17(4)24(28(32)36-8-2)25(23)18-13-14-21(22(15-18)34-6)37-26(30)19-11-9-10-12-20(19)33-5/h9-15,25,29H,7-8H2,1-6H3. The van der Waals surface area contributed by atoms with Crippen molar-refractivity contribution in [3.05, 3.63) is 76.1 Å². The van der Waals surface area contributed by atoms with Crippen LogP contribution in [0.25, 0.3) is 0 Å². The minimum absolute atomic E-state index is 0.160. The van der Waals surface area contributed by atoms with E-state index in [1.807, 2.05) is 0 Å². The third-order valence-corrected chi connectivity index (χ3v) is 5.80. The molecule has 0 bridgehead atoms. The summed E-state index contributed by atoms with van der Waals surface area (Å²) in [6.45, 7) is 7.24. The van der Waals surface area contributed by atoms with Crippen LogP contribution < -0.4 is 19.5 Å². The van der Waals surface area contributed by atoms with E-state index in [-0.39, 0.29) is 41.4 Å². The molecule has 37 heavy (non-hydrogen) atoms. The number of hydrogen-bond donors (Lipinski definition) is 1. The molecule has 0 aliphatic carbocycles. The Labute approximate surface area is 216 Å². The van der Waals surface area contributed by atoms with Gasteiger partial charge in [-0.3, -0.25) is 0 Å². The number of carbonyl (C=O) groups excluding carboxylic acids is 3. The molecule has 0 saturated heterocycles. The highest BCUT2D eigenvalue weighted by atomic mass is 16.6. The summed E-state index contributed by atoms with van der Waals surface area (Å²) in [7, 11) is 2.90. The fourth-order valence-corrected chi connectivity index (χ4v) is 4.20. The van der Waals surface area contributed by atoms with E-state index in [4.69, 9.17) is 23.7 Å². The summed E-state index contributed by atoms with van der Waals surface area (Å²) in [6.07, 6.45) is 0. The Morgan fingerprint density at radius 2 is 1.32 bits per heavy atom. The van der Waals surface area contributed by atoms with Crippen molar-refractivity contribution >= 4 is 17.9 Å². The van der Waals surface area contributed by atoms with Crippen molar-refractivity contribution in [1.82, 2.24) is 5.32 Å². The number of rotatable bonds is 9. The van der Waals surface area contributed by atoms with Crippen LogP contribution in [-0.2, 0) is 19.1 Å². The van der Waals surface area contributed by atoms with Crippen molar-refractivity contribution in [3.63, 3.8) is 0 Å². The van der Waals surface area contributed by atoms with Gasteiger partial charge in [-0.05, 0) is 57.5 Å². The molecular weight excluding hydrogens is 478 g/mol. The smallest absolute Gasteiger partial charge is 0.347 e. The predicted molar refractivity (Wildman–Crippen MR) is 135 cm³/mol. The van der Waals surface area contributed by atoms with Crippen LogP contribution in [0.3, 0.4) is 0 Å². The van der Waals surface area contributed by atoms with Crippen LogP contribution in [0.2, 0.25) is 0 Å². The lowest BCUT2D eigenvalue weighted by Crippen LogP contribution is -2.32. The lowest BCUT2D eigenvalue weighted by Gasteiger charge is -2.30. The topological polar surface area (TPSA) is 109 Å². The average molecular weight is 510 g/mol. The number of para-hydroxylation sites is 1. The van der Waals surface area contributed by atoms with Crippen LogP contribution in [0, 0.1) is 0 Å². The molecule has 196 valence electrons. The number of carbonyl (C=O) groups is 3. The van der Waals surface area contributed by atoms with Crippen molar-refractivity contribution in [2.45, 2.75) is 33.6 Å². The van der Waals surface area contributed by atoms with Crippen molar-refractivity contribution in [3.8, 4) is 17.2 Å². The van der Waals surface area contributed by atoms with E-state index < -0.39 is 23.8 Å². The molecule has 1 aliphatic heterocycles. The predicted octanol–water partition coefficient (Wildman–Crippen LogP) is 4.28. The number of esters is 3. The molecule has 9 heteroatoms. The van der Waals surface area contributed by atoms with E-state index in [0.29, 0.717) is 22.7 Å². The van der Waals surface area contributed by atoms with Gasteiger partial charge in [0.1, 0.15) is 11.3 Å². The molecule has 0 unspecified atom stereocenters. The molecule has 1 N–H and O–H groups in total. The Balaban J connectivity index is 2.08. The largest absolute Gasteiger partial charge is 0.496 e. The minimum atomic E-state index is -0.799. The van der Waals surface area contributed by atoms with E-state index in [0.717, 1.165) is 0 Å². The van der Waals surface area contributed by atoms with Gasteiger partial charge in [-0.2, -0.15) is 0 Å². The van der Waals surface area contributed by atoms with E-state index in [1.54, 1.807) is 70.2 Å². The zero-order valence-corrected chi connectivity index (χ0v) is 21.8. The normalized spacial score (nSPS) is 13.6. The zero-order chi connectivity index (χ0) is 27.1. The molecule has 3 rings (SSSR count). The van der Waals surface area contributed by atoms with Crippen LogP contribution in [-0.4, -0.2) is 45.3 Å². The summed E-state index contributed by atoms with van der Waals surface area (Å²) in [5, 5.41) is 3.10. The summed E-state index contributed by atoms with van der Waals surface area (Å²) in [5.41, 5.74) is 2.47. The highest BCUT2D eigenvalue weighted by molar-refractivity contribution is 6.00. The van der Waals surface area contributed by atoms with Gasteiger partial charge in [0, 0.05) is 11.4 Å². The molecule has 9 nitrogen and oxygen atoms in total. The van der Waals surface area contributed by atoms with E-state index >= 15 is 0 Å². The summed E-state index contributed by atoms with van der Waals surface area (Å²) in [4.78, 5) is 38.9. The van der Waals surface area contributed by atoms with Crippen molar-refractivity contribution in [2.24, 2.45) is 0 Å². The molecular formula is C28H31NO8. The molecule has 0 aromatic heterocycles. The Morgan fingerprint density at radius 1 is 0.757 bits per heavy atom. The quantitative estimate of drug-likeness (QED) is 0.391. The summed E-state index contributed by atoms with van der Waals surface area (Å²) >= 11 is 0. The van der Waals surface area contributed by atoms with Crippen molar-refractivity contribution < 1.29 is 38.1 Å². The third kappa shape index (κ3) is 5.77. The first-order valence-corrected chi connectivity index (χ1v) is 11.8. The molecule has 0 radical (unpaired) electrons. The second kappa shape index (κ2) is 12.1. The molecule has 0 amide bonds. The summed E-state index contributed by atoms with van der Waals surface area (Å²) in [5.74, 6) is -1.77. The van der Waals surface area contributed by atoms with Crippen molar-refractivity contribution in [1.29, 1.82) is 0 Å². The minimum Gasteiger partial charge on any atom is -0.496 e. The fourth-order valence-electron chi connectivity index (χ4n) is 4.20. The molecule has 0 spiro atoms. The lowest BCUT2D eigenvalue weighted by molar-refractivity contribution is -0.139. The van der Waals surface area contributed by atoms with Gasteiger partial charge < -0.3 is 29.0 Å². The summed E-state index contributed by atoms with van der Waals surface area (Å²) in [6, 6.07) is 11.5. The van der Waals surface area contributed by atoms with Crippen LogP contribution in [0.1, 0.15) is 49.5 Å². The fraction of sp³-hybridized carbons (Fsp3) is 0.321. The van der Waals surface area contributed by atoms with E-state index in [2.05, 4.69) is 5.32 Å². The maximum absolute atomic E-state index is 13.0. The van der Waals surface area contributed by atoms with Gasteiger partial charge in [0.15, 0.2) is 11.5 Å². The van der Waals surface area contributed by atoms with Crippen LogP contribution >= 0.6 is 0 Å². The zero-order valence-electron chi connectivity index (χ0n) is 21.8. The van der Waals surface area contributed by atoms with Gasteiger partial charge in [0.25, 0.3) is 0 Å². The molecule has 1 heterocycles. The molecule has 2 aromatic carbocycles. The number of hydrogen-bond acceptors (Lipinski definition) is 9. The SMILES string of the molecule is CCOC(=O)C1=C(C)NC(C)=C(C(=O)OCC)C1c1ccc(OC(=O)c2ccccc2OC)c(OC)c1. The van der Waals surface area contributed by atoms with Gasteiger partial charge in [-0.1, -0.05) is 18.2 Å². The molecule has 0 fully saturated rings. The van der Waals surface area contributed by atoms with Crippen LogP contribution in [0.15, 0.2) is 65.0 Å². The highest BCUT2D eigenvalue weighted by Gasteiger charge is 2.38. The van der Waals surface area contributed by atoms with Crippen LogP contribution in [0.5, 0.6) is 17.2 Å². The van der Waals surface area contributed by atoms with Gasteiger partial charge in [0.05, 0.1) is 44.5 Å². The second-order valence-corrected chi connectivity index (χ2v) is 8.08. The number of ether oxygens (including phenoxy) is 5. The number of dihydropyridines is 1. The van der Waals surface area contributed by atoms with Crippen molar-refractivity contribution in [2.75, 3.05) is 27.4 Å². The first-order valence-electron chi connectivity index (χ1n) is 11.8. The third-order valence-electron chi connectivity index (χ3n) is 5.80. The van der Waals surface area contributed by atoms with Crippen LogP contribution in [0.4, 0.5) is 0 Å². The monoisotopic (exact) mass is 509 g/mol. The first-order chi connectivity index (χ1) is 17.8. The van der Waals surface area contributed by atoms with E-state index in [9.17, 15) is 14.4 Å². The number of methoxy groups -OCH3 is 2. The maximum atomic E-state index is 13.0. The highest BCUT2D eigenvalue weighted by Crippen LogP contribution is 2.42. The lowest BCUT2D eigenvalue weighted by atomic mass is 9.80. The Bertz CT molecular complexity index is 1220.